The molecule has 0 radical (unpaired) electrons. The van der Waals surface area contributed by atoms with E-state index in [0.717, 1.165) is 11.3 Å². The van der Waals surface area contributed by atoms with Gasteiger partial charge in [-0.15, -0.1) is 11.8 Å². The standard InChI is InChI=1S/C14H12F3N3O3S/c15-14(16,17)12-18-11(19-23-12)8-1-3-9(4-2-8)24-10-5-6-20(7-10)13(21)22/h1-4,10H,5-7H2,(H,21,22). The molecule has 1 unspecified atom stereocenters. The highest BCUT2D eigenvalue weighted by Gasteiger charge is 2.38. The van der Waals surface area contributed by atoms with Crippen molar-refractivity contribution in [2.75, 3.05) is 13.1 Å². The summed E-state index contributed by atoms with van der Waals surface area (Å²) in [5.41, 5.74) is 0.414. The van der Waals surface area contributed by atoms with E-state index in [1.807, 2.05) is 0 Å². The van der Waals surface area contributed by atoms with Crippen molar-refractivity contribution in [2.24, 2.45) is 0 Å². The third-order valence-corrected chi connectivity index (χ3v) is 4.76. The van der Waals surface area contributed by atoms with Gasteiger partial charge in [0.15, 0.2) is 0 Å². The summed E-state index contributed by atoms with van der Waals surface area (Å²) in [7, 11) is 0. The fourth-order valence-electron chi connectivity index (χ4n) is 2.33. The van der Waals surface area contributed by atoms with Crippen LogP contribution in [0.2, 0.25) is 0 Å². The van der Waals surface area contributed by atoms with Crippen LogP contribution in [0.5, 0.6) is 0 Å². The van der Waals surface area contributed by atoms with E-state index in [1.165, 1.54) is 16.7 Å². The molecule has 0 bridgehead atoms. The lowest BCUT2D eigenvalue weighted by Gasteiger charge is -2.12. The van der Waals surface area contributed by atoms with E-state index >= 15 is 0 Å². The third-order valence-electron chi connectivity index (χ3n) is 3.50. The Labute approximate surface area is 138 Å². The molecule has 10 heteroatoms. The molecule has 1 fully saturated rings. The van der Waals surface area contributed by atoms with Gasteiger partial charge < -0.3 is 14.5 Å². The van der Waals surface area contributed by atoms with Crippen molar-refractivity contribution >= 4 is 17.9 Å². The van der Waals surface area contributed by atoms with Gasteiger partial charge in [0.25, 0.3) is 0 Å². The number of nitrogens with zero attached hydrogens (tertiary/aromatic N) is 3. The summed E-state index contributed by atoms with van der Waals surface area (Å²) >= 11 is 1.54. The maximum atomic E-state index is 12.5. The van der Waals surface area contributed by atoms with Crippen LogP contribution in [0.4, 0.5) is 18.0 Å². The zero-order valence-electron chi connectivity index (χ0n) is 12.2. The molecule has 1 aliphatic heterocycles. The van der Waals surface area contributed by atoms with Crippen molar-refractivity contribution in [3.63, 3.8) is 0 Å². The zero-order valence-corrected chi connectivity index (χ0v) is 13.0. The van der Waals surface area contributed by atoms with Crippen molar-refractivity contribution in [3.05, 3.63) is 30.2 Å². The van der Waals surface area contributed by atoms with Crippen LogP contribution in [0.15, 0.2) is 33.7 Å². The van der Waals surface area contributed by atoms with Crippen LogP contribution in [-0.4, -0.2) is 44.6 Å². The number of rotatable bonds is 3. The molecule has 1 aromatic carbocycles. The minimum atomic E-state index is -4.67. The van der Waals surface area contributed by atoms with Crippen LogP contribution in [0, 0.1) is 0 Å². The van der Waals surface area contributed by atoms with Crippen LogP contribution >= 0.6 is 11.8 Å². The normalized spacial score (nSPS) is 18.1. The van der Waals surface area contributed by atoms with Crippen molar-refractivity contribution < 1.29 is 27.6 Å². The number of alkyl halides is 3. The summed E-state index contributed by atoms with van der Waals surface area (Å²) in [6.07, 6.45) is -4.83. The smallest absolute Gasteiger partial charge is 0.465 e. The molecule has 24 heavy (non-hydrogen) atoms. The molecule has 1 aliphatic rings. The molecule has 1 N–H and O–H groups in total. The number of carbonyl (C=O) groups is 1. The summed E-state index contributed by atoms with van der Waals surface area (Å²) in [6, 6.07) is 6.70. The Morgan fingerprint density at radius 3 is 2.58 bits per heavy atom. The number of amides is 1. The molecular weight excluding hydrogens is 347 g/mol. The predicted molar refractivity (Wildman–Crippen MR) is 78.6 cm³/mol. The first-order valence-electron chi connectivity index (χ1n) is 6.99. The number of hydrogen-bond acceptors (Lipinski definition) is 5. The summed E-state index contributed by atoms with van der Waals surface area (Å²) < 4.78 is 41.6. The third kappa shape index (κ3) is 3.64. The molecule has 1 aromatic heterocycles. The lowest BCUT2D eigenvalue weighted by Crippen LogP contribution is -2.26. The molecule has 3 rings (SSSR count). The second-order valence-corrected chi connectivity index (χ2v) is 6.58. The quantitative estimate of drug-likeness (QED) is 0.902. The van der Waals surface area contributed by atoms with Crippen LogP contribution in [0.3, 0.4) is 0 Å². The van der Waals surface area contributed by atoms with Gasteiger partial charge in [-0.25, -0.2) is 4.79 Å². The zero-order chi connectivity index (χ0) is 17.3. The number of carboxylic acid groups (broad SMARTS) is 1. The van der Waals surface area contributed by atoms with E-state index in [9.17, 15) is 18.0 Å². The van der Waals surface area contributed by atoms with Gasteiger partial charge in [0.2, 0.25) is 5.82 Å². The maximum absolute atomic E-state index is 12.5. The molecular formula is C14H12F3N3O3S. The second kappa shape index (κ2) is 6.34. The van der Waals surface area contributed by atoms with Crippen LogP contribution < -0.4 is 0 Å². The molecule has 1 amide bonds. The summed E-state index contributed by atoms with van der Waals surface area (Å²) in [5, 5.41) is 12.4. The first-order chi connectivity index (χ1) is 11.3. The molecule has 2 aromatic rings. The SMILES string of the molecule is O=C(O)N1CCC(Sc2ccc(-c3noc(C(F)(F)F)n3)cc2)C1. The van der Waals surface area contributed by atoms with Gasteiger partial charge in [0.05, 0.1) is 0 Å². The van der Waals surface area contributed by atoms with Gasteiger partial charge in [-0.1, -0.05) is 5.16 Å². The minimum Gasteiger partial charge on any atom is -0.465 e. The van der Waals surface area contributed by atoms with E-state index in [4.69, 9.17) is 5.11 Å². The van der Waals surface area contributed by atoms with E-state index in [2.05, 4.69) is 14.7 Å². The Bertz CT molecular complexity index is 733. The number of likely N-dealkylation sites (tertiary alicyclic amines) is 1. The Kier molecular flexibility index (Phi) is 4.39. The molecule has 1 atom stereocenters. The highest BCUT2D eigenvalue weighted by atomic mass is 32.2. The van der Waals surface area contributed by atoms with Gasteiger partial charge in [0, 0.05) is 28.8 Å². The van der Waals surface area contributed by atoms with Gasteiger partial charge in [-0.3, -0.25) is 0 Å². The van der Waals surface area contributed by atoms with Gasteiger partial charge >= 0.3 is 18.2 Å². The predicted octanol–water partition coefficient (Wildman–Crippen LogP) is 3.60. The molecule has 6 nitrogen and oxygen atoms in total. The van der Waals surface area contributed by atoms with E-state index in [1.54, 1.807) is 24.3 Å². The largest absolute Gasteiger partial charge is 0.471 e. The van der Waals surface area contributed by atoms with Crippen molar-refractivity contribution in [1.29, 1.82) is 0 Å². The number of benzene rings is 1. The molecule has 1 saturated heterocycles. The fraction of sp³-hybridized carbons (Fsp3) is 0.357. The van der Waals surface area contributed by atoms with Crippen LogP contribution in [0.25, 0.3) is 11.4 Å². The Balaban J connectivity index is 1.66. The molecule has 0 saturated carbocycles. The summed E-state index contributed by atoms with van der Waals surface area (Å²) in [6.45, 7) is 0.968. The van der Waals surface area contributed by atoms with Crippen LogP contribution in [0.1, 0.15) is 12.3 Å². The number of halogens is 3. The molecule has 0 spiro atoms. The Hall–Kier alpha value is -2.23. The van der Waals surface area contributed by atoms with Gasteiger partial charge in [-0.05, 0) is 30.7 Å². The summed E-state index contributed by atoms with van der Waals surface area (Å²) in [4.78, 5) is 16.5. The average Bonchev–Trinajstić information content (AvgIpc) is 3.16. The molecule has 128 valence electrons. The Morgan fingerprint density at radius 2 is 2.04 bits per heavy atom. The molecule has 2 heterocycles. The monoisotopic (exact) mass is 359 g/mol. The lowest BCUT2D eigenvalue weighted by atomic mass is 10.2. The fourth-order valence-corrected chi connectivity index (χ4v) is 3.48. The highest BCUT2D eigenvalue weighted by molar-refractivity contribution is 8.00. The van der Waals surface area contributed by atoms with E-state index < -0.39 is 18.2 Å². The average molecular weight is 359 g/mol. The summed E-state index contributed by atoms with van der Waals surface area (Å²) in [5.74, 6) is -1.51. The second-order valence-electron chi connectivity index (χ2n) is 5.20. The van der Waals surface area contributed by atoms with Crippen molar-refractivity contribution in [2.45, 2.75) is 22.7 Å². The van der Waals surface area contributed by atoms with Gasteiger partial charge in [0.1, 0.15) is 0 Å². The number of thioether (sulfide) groups is 1. The van der Waals surface area contributed by atoms with Crippen molar-refractivity contribution in [1.82, 2.24) is 15.0 Å². The number of hydrogen-bond donors (Lipinski definition) is 1. The number of aromatic nitrogens is 2. The van der Waals surface area contributed by atoms with Crippen molar-refractivity contribution in [3.8, 4) is 11.4 Å². The minimum absolute atomic E-state index is 0.128. The van der Waals surface area contributed by atoms with E-state index in [-0.39, 0.29) is 11.1 Å². The first-order valence-corrected chi connectivity index (χ1v) is 7.87. The Morgan fingerprint density at radius 1 is 1.33 bits per heavy atom. The van der Waals surface area contributed by atoms with E-state index in [0.29, 0.717) is 18.7 Å². The lowest BCUT2D eigenvalue weighted by molar-refractivity contribution is -0.159. The first kappa shape index (κ1) is 16.6. The highest BCUT2D eigenvalue weighted by Crippen LogP contribution is 2.32. The maximum Gasteiger partial charge on any atom is 0.471 e. The van der Waals surface area contributed by atoms with Crippen LogP contribution in [-0.2, 0) is 6.18 Å². The molecule has 0 aliphatic carbocycles. The topological polar surface area (TPSA) is 79.5 Å². The van der Waals surface area contributed by atoms with Gasteiger partial charge in [-0.2, -0.15) is 18.2 Å².